The lowest BCUT2D eigenvalue weighted by Gasteiger charge is -2.12. The van der Waals surface area contributed by atoms with E-state index >= 15 is 0 Å². The number of aliphatic hydroxyl groups excluding tert-OH is 1. The minimum atomic E-state index is -0.340. The van der Waals surface area contributed by atoms with Crippen molar-refractivity contribution in [3.05, 3.63) is 64.8 Å². The first-order valence-corrected chi connectivity index (χ1v) is 8.30. The van der Waals surface area contributed by atoms with Gasteiger partial charge in [0.15, 0.2) is 6.61 Å². The minimum absolute atomic E-state index is 0.0228. The van der Waals surface area contributed by atoms with Gasteiger partial charge >= 0.3 is 0 Å². The number of ether oxygens (including phenoxy) is 1. The fourth-order valence-corrected chi connectivity index (χ4v) is 2.93. The van der Waals surface area contributed by atoms with Gasteiger partial charge in [0.05, 0.1) is 12.8 Å². The third kappa shape index (κ3) is 3.92. The van der Waals surface area contributed by atoms with Crippen LogP contribution in [0.4, 0.5) is 0 Å². The largest absolute Gasteiger partial charge is 0.483 e. The highest BCUT2D eigenvalue weighted by atomic mass is 16.5. The summed E-state index contributed by atoms with van der Waals surface area (Å²) in [6.07, 6.45) is 3.47. The number of benzene rings is 2. The van der Waals surface area contributed by atoms with Gasteiger partial charge in [0.2, 0.25) is 0 Å². The van der Waals surface area contributed by atoms with Crippen molar-refractivity contribution in [3.63, 3.8) is 0 Å². The molecule has 1 aromatic heterocycles. The lowest BCUT2D eigenvalue weighted by Crippen LogP contribution is -2.25. The van der Waals surface area contributed by atoms with Crippen LogP contribution in [0.1, 0.15) is 22.3 Å². The average Bonchev–Trinajstić information content (AvgIpc) is 3.10. The molecule has 0 unspecified atom stereocenters. The molecule has 0 saturated heterocycles. The van der Waals surface area contributed by atoms with E-state index in [0.29, 0.717) is 5.75 Å². The zero-order valence-corrected chi connectivity index (χ0v) is 14.7. The normalized spacial score (nSPS) is 11.2. The third-order valence-corrected chi connectivity index (χ3v) is 4.07. The summed E-state index contributed by atoms with van der Waals surface area (Å²) in [6, 6.07) is 11.5. The monoisotopic (exact) mass is 351 g/mol. The molecule has 3 rings (SSSR count). The van der Waals surface area contributed by atoms with E-state index in [9.17, 15) is 9.90 Å². The molecule has 1 amide bonds. The van der Waals surface area contributed by atoms with Gasteiger partial charge in [0.1, 0.15) is 5.75 Å². The molecule has 0 radical (unpaired) electrons. The van der Waals surface area contributed by atoms with Gasteiger partial charge in [0, 0.05) is 22.7 Å². The average molecular weight is 351 g/mol. The van der Waals surface area contributed by atoms with Crippen molar-refractivity contribution < 1.29 is 14.6 Å². The maximum absolute atomic E-state index is 12.0. The van der Waals surface area contributed by atoms with Crippen LogP contribution in [0.15, 0.2) is 47.7 Å². The first-order chi connectivity index (χ1) is 12.6. The molecule has 0 aliphatic heterocycles. The van der Waals surface area contributed by atoms with Crippen molar-refractivity contribution >= 4 is 23.0 Å². The topological polar surface area (TPSA) is 86.7 Å². The fraction of sp³-hybridized carbons (Fsp3) is 0.200. The Morgan fingerprint density at radius 2 is 2.04 bits per heavy atom. The van der Waals surface area contributed by atoms with Crippen LogP contribution < -0.4 is 10.2 Å². The third-order valence-electron chi connectivity index (χ3n) is 4.07. The number of H-pyrrole nitrogens is 1. The molecule has 0 spiro atoms. The summed E-state index contributed by atoms with van der Waals surface area (Å²) in [5, 5.41) is 14.3. The number of aryl methyl sites for hydroxylation is 2. The standard InChI is InChI=1S/C20H21N3O3/c1-13-8-15(11-24)9-14(2)20(13)26-12-19(25)23-22-10-16-4-3-5-18-17(16)6-7-21-18/h3-10,21,24H,11-12H2,1-2H3,(H,23,25)/b22-10+. The van der Waals surface area contributed by atoms with Crippen LogP contribution in [0, 0.1) is 13.8 Å². The number of rotatable bonds is 6. The van der Waals surface area contributed by atoms with Gasteiger partial charge in [-0.3, -0.25) is 4.79 Å². The molecule has 2 aromatic carbocycles. The van der Waals surface area contributed by atoms with E-state index in [1.165, 1.54) is 0 Å². The van der Waals surface area contributed by atoms with Crippen LogP contribution in [0.3, 0.4) is 0 Å². The Bertz CT molecular complexity index is 937. The first kappa shape index (κ1) is 17.7. The van der Waals surface area contributed by atoms with E-state index in [1.54, 1.807) is 6.21 Å². The SMILES string of the molecule is Cc1cc(CO)cc(C)c1OCC(=O)N/N=C/c1cccc2[nH]ccc12. The second-order valence-electron chi connectivity index (χ2n) is 6.08. The number of nitrogens with zero attached hydrogens (tertiary/aromatic N) is 1. The summed E-state index contributed by atoms with van der Waals surface area (Å²) >= 11 is 0. The molecule has 0 bridgehead atoms. The molecular formula is C20H21N3O3. The molecule has 134 valence electrons. The number of carbonyl (C=O) groups excluding carboxylic acids is 1. The molecule has 0 saturated carbocycles. The highest BCUT2D eigenvalue weighted by molar-refractivity contribution is 5.98. The number of carbonyl (C=O) groups is 1. The van der Waals surface area contributed by atoms with Crippen molar-refractivity contribution in [1.29, 1.82) is 0 Å². The number of aliphatic hydroxyl groups is 1. The van der Waals surface area contributed by atoms with Crippen LogP contribution in [0.5, 0.6) is 5.75 Å². The van der Waals surface area contributed by atoms with E-state index in [1.807, 2.05) is 56.4 Å². The summed E-state index contributed by atoms with van der Waals surface area (Å²) in [5.74, 6) is 0.311. The molecule has 0 aliphatic rings. The predicted molar refractivity (Wildman–Crippen MR) is 101 cm³/mol. The maximum atomic E-state index is 12.0. The van der Waals surface area contributed by atoms with Crippen molar-refractivity contribution in [2.45, 2.75) is 20.5 Å². The van der Waals surface area contributed by atoms with Crippen LogP contribution in [0.25, 0.3) is 10.9 Å². The predicted octanol–water partition coefficient (Wildman–Crippen LogP) is 2.81. The second kappa shape index (κ2) is 7.84. The number of aromatic amines is 1. The van der Waals surface area contributed by atoms with Gasteiger partial charge in [0.25, 0.3) is 5.91 Å². The Hall–Kier alpha value is -3.12. The lowest BCUT2D eigenvalue weighted by molar-refractivity contribution is -0.123. The molecular weight excluding hydrogens is 330 g/mol. The maximum Gasteiger partial charge on any atom is 0.277 e. The quantitative estimate of drug-likeness (QED) is 0.471. The molecule has 1 heterocycles. The van der Waals surface area contributed by atoms with Gasteiger partial charge in [-0.25, -0.2) is 5.43 Å². The summed E-state index contributed by atoms with van der Waals surface area (Å²) in [6.45, 7) is 3.61. The molecule has 26 heavy (non-hydrogen) atoms. The minimum Gasteiger partial charge on any atom is -0.483 e. The zero-order chi connectivity index (χ0) is 18.5. The lowest BCUT2D eigenvalue weighted by atomic mass is 10.1. The molecule has 0 atom stereocenters. The Morgan fingerprint density at radius 3 is 2.77 bits per heavy atom. The van der Waals surface area contributed by atoms with Gasteiger partial charge in [-0.05, 0) is 42.7 Å². The van der Waals surface area contributed by atoms with Crippen molar-refractivity contribution in [1.82, 2.24) is 10.4 Å². The summed E-state index contributed by atoms with van der Waals surface area (Å²) in [7, 11) is 0. The molecule has 0 fully saturated rings. The zero-order valence-electron chi connectivity index (χ0n) is 14.7. The van der Waals surface area contributed by atoms with Crippen LogP contribution >= 0.6 is 0 Å². The molecule has 6 heteroatoms. The van der Waals surface area contributed by atoms with E-state index in [4.69, 9.17) is 4.74 Å². The van der Waals surface area contributed by atoms with E-state index in [-0.39, 0.29) is 19.1 Å². The van der Waals surface area contributed by atoms with Crippen LogP contribution in [-0.4, -0.2) is 28.8 Å². The van der Waals surface area contributed by atoms with Crippen molar-refractivity contribution in [2.24, 2.45) is 5.10 Å². The van der Waals surface area contributed by atoms with Gasteiger partial charge in [-0.2, -0.15) is 5.10 Å². The number of hydrogen-bond acceptors (Lipinski definition) is 4. The number of aromatic nitrogens is 1. The fourth-order valence-electron chi connectivity index (χ4n) is 2.93. The number of amides is 1. The molecule has 3 N–H and O–H groups in total. The van der Waals surface area contributed by atoms with Crippen molar-refractivity contribution in [3.8, 4) is 5.75 Å². The van der Waals surface area contributed by atoms with Crippen molar-refractivity contribution in [2.75, 3.05) is 6.61 Å². The Kier molecular flexibility index (Phi) is 5.34. The number of fused-ring (bicyclic) bond motifs is 1. The molecule has 0 aliphatic carbocycles. The summed E-state index contributed by atoms with van der Waals surface area (Å²) in [5.41, 5.74) is 6.98. The van der Waals surface area contributed by atoms with Crippen LogP contribution in [0.2, 0.25) is 0 Å². The van der Waals surface area contributed by atoms with E-state index in [0.717, 1.165) is 33.2 Å². The smallest absolute Gasteiger partial charge is 0.277 e. The number of hydrazone groups is 1. The van der Waals surface area contributed by atoms with Crippen LogP contribution in [-0.2, 0) is 11.4 Å². The first-order valence-electron chi connectivity index (χ1n) is 8.30. The van der Waals surface area contributed by atoms with E-state index in [2.05, 4.69) is 15.5 Å². The Balaban J connectivity index is 1.59. The highest BCUT2D eigenvalue weighted by Gasteiger charge is 2.09. The number of nitrogens with one attached hydrogen (secondary N) is 2. The molecule has 6 nitrogen and oxygen atoms in total. The summed E-state index contributed by atoms with van der Waals surface area (Å²) in [4.78, 5) is 15.1. The van der Waals surface area contributed by atoms with Gasteiger partial charge in [-0.15, -0.1) is 0 Å². The van der Waals surface area contributed by atoms with Gasteiger partial charge < -0.3 is 14.8 Å². The summed E-state index contributed by atoms with van der Waals surface area (Å²) < 4.78 is 5.62. The van der Waals surface area contributed by atoms with E-state index < -0.39 is 0 Å². The highest BCUT2D eigenvalue weighted by Crippen LogP contribution is 2.24. The Labute approximate surface area is 151 Å². The van der Waals surface area contributed by atoms with Gasteiger partial charge in [-0.1, -0.05) is 24.3 Å². The second-order valence-corrected chi connectivity index (χ2v) is 6.08. The Morgan fingerprint density at radius 1 is 1.27 bits per heavy atom. The number of hydrogen-bond donors (Lipinski definition) is 3. The molecule has 3 aromatic rings.